The highest BCUT2D eigenvalue weighted by molar-refractivity contribution is 5.81. The molecule has 0 aromatic heterocycles. The van der Waals surface area contributed by atoms with Gasteiger partial charge in [-0.25, -0.2) is 9.53 Å². The van der Waals surface area contributed by atoms with E-state index in [-0.39, 0.29) is 0 Å². The zero-order chi connectivity index (χ0) is 21.2. The molecule has 26 heavy (non-hydrogen) atoms. The first-order valence-electron chi connectivity index (χ1n) is 6.06. The Morgan fingerprint density at radius 2 is 1.46 bits per heavy atom. The smallest absolute Gasteiger partial charge is 0.460 e. The maximum atomic E-state index is 13.4. The summed E-state index contributed by atoms with van der Waals surface area (Å²) in [6.45, 7) is 1.35. The molecule has 0 rings (SSSR count). The van der Waals surface area contributed by atoms with Gasteiger partial charge < -0.3 is 9.84 Å². The van der Waals surface area contributed by atoms with Crippen LogP contribution in [-0.2, 0) is 14.3 Å². The summed E-state index contributed by atoms with van der Waals surface area (Å²) < 4.78 is 145. The molecule has 0 aliphatic rings. The first kappa shape index (κ1) is 24.4. The van der Waals surface area contributed by atoms with Gasteiger partial charge in [0.05, 0.1) is 6.10 Å². The zero-order valence-corrected chi connectivity index (χ0v) is 12.1. The van der Waals surface area contributed by atoms with E-state index in [9.17, 15) is 53.1 Å². The SMILES string of the molecule is C=CC(=O)OCC(O)CC(F)(F)C(F)(F)C(F)(OC(F)(F)F)C(F)(F)F. The monoisotopic (exact) mass is 414 g/mol. The lowest BCUT2D eigenvalue weighted by Crippen LogP contribution is -2.66. The van der Waals surface area contributed by atoms with Gasteiger partial charge in [-0.2, -0.15) is 35.1 Å². The van der Waals surface area contributed by atoms with Gasteiger partial charge in [0, 0.05) is 12.5 Å². The second-order valence-corrected chi connectivity index (χ2v) is 4.61. The van der Waals surface area contributed by atoms with Crippen molar-refractivity contribution in [2.24, 2.45) is 0 Å². The van der Waals surface area contributed by atoms with Crippen LogP contribution in [-0.4, -0.2) is 54.0 Å². The Hall–Kier alpha value is -1.64. The predicted molar refractivity (Wildman–Crippen MR) is 58.7 cm³/mol. The number of hydrogen-bond acceptors (Lipinski definition) is 4. The molecule has 0 fully saturated rings. The molecule has 0 aromatic carbocycles. The van der Waals surface area contributed by atoms with Crippen molar-refractivity contribution in [3.8, 4) is 0 Å². The second-order valence-electron chi connectivity index (χ2n) is 4.61. The molecular weight excluding hydrogens is 405 g/mol. The summed E-state index contributed by atoms with van der Waals surface area (Å²) in [7, 11) is 0. The predicted octanol–water partition coefficient (Wildman–Crippen LogP) is 3.50. The fourth-order valence-electron chi connectivity index (χ4n) is 1.41. The van der Waals surface area contributed by atoms with Crippen LogP contribution in [0.4, 0.5) is 48.3 Å². The maximum absolute atomic E-state index is 13.4. The average Bonchev–Trinajstić information content (AvgIpc) is 2.40. The quantitative estimate of drug-likeness (QED) is 0.376. The van der Waals surface area contributed by atoms with E-state index >= 15 is 0 Å². The number of hydrogen-bond donors (Lipinski definition) is 1. The molecule has 2 unspecified atom stereocenters. The van der Waals surface area contributed by atoms with Crippen LogP contribution in [0.1, 0.15) is 6.42 Å². The molecule has 0 amide bonds. The van der Waals surface area contributed by atoms with Crippen molar-refractivity contribution < 1.29 is 67.7 Å². The highest BCUT2D eigenvalue weighted by atomic mass is 19.4. The summed E-state index contributed by atoms with van der Waals surface area (Å²) in [5.41, 5.74) is 0. The number of alkyl halides is 11. The van der Waals surface area contributed by atoms with Gasteiger partial charge in [-0.1, -0.05) is 6.58 Å². The lowest BCUT2D eigenvalue weighted by molar-refractivity contribution is -0.503. The third-order valence-corrected chi connectivity index (χ3v) is 2.56. The number of halogens is 11. The van der Waals surface area contributed by atoms with Crippen LogP contribution >= 0.6 is 0 Å². The standard InChI is InChI=1S/C11H9F11O4/c1-2-6(24)25-4-5(23)3-7(12,13)8(14,15)9(16,10(17,18)19)26-11(20,21)22/h2,5,23H,1,3-4H2. The number of esters is 1. The van der Waals surface area contributed by atoms with Crippen molar-refractivity contribution in [1.82, 2.24) is 0 Å². The van der Waals surface area contributed by atoms with Crippen molar-refractivity contribution in [2.45, 2.75) is 42.8 Å². The van der Waals surface area contributed by atoms with Crippen molar-refractivity contribution >= 4 is 5.97 Å². The Bertz CT molecular complexity index is 513. The number of ether oxygens (including phenoxy) is 2. The van der Waals surface area contributed by atoms with Crippen LogP contribution in [0.15, 0.2) is 12.7 Å². The van der Waals surface area contributed by atoms with Crippen molar-refractivity contribution in [3.05, 3.63) is 12.7 Å². The van der Waals surface area contributed by atoms with Gasteiger partial charge in [0.15, 0.2) is 0 Å². The van der Waals surface area contributed by atoms with E-state index in [4.69, 9.17) is 5.11 Å². The Balaban J connectivity index is 5.67. The molecular formula is C11H9F11O4. The Kier molecular flexibility index (Phi) is 7.06. The molecule has 1 N–H and O–H groups in total. The van der Waals surface area contributed by atoms with Gasteiger partial charge in [-0.3, -0.25) is 0 Å². The van der Waals surface area contributed by atoms with E-state index in [0.29, 0.717) is 6.08 Å². The fraction of sp³-hybridized carbons (Fsp3) is 0.727. The number of aliphatic hydroxyl groups is 1. The summed E-state index contributed by atoms with van der Waals surface area (Å²) in [5, 5.41) is 9.00. The normalized spacial score (nSPS) is 17.4. The third kappa shape index (κ3) is 5.43. The van der Waals surface area contributed by atoms with E-state index in [1.54, 1.807) is 4.74 Å². The topological polar surface area (TPSA) is 55.8 Å². The van der Waals surface area contributed by atoms with Crippen LogP contribution < -0.4 is 0 Å². The first-order valence-corrected chi connectivity index (χ1v) is 6.06. The molecule has 0 spiro atoms. The molecule has 0 aromatic rings. The average molecular weight is 414 g/mol. The molecule has 0 saturated heterocycles. The number of rotatable bonds is 8. The zero-order valence-electron chi connectivity index (χ0n) is 12.1. The molecule has 0 bridgehead atoms. The summed E-state index contributed by atoms with van der Waals surface area (Å²) in [4.78, 5) is 10.6. The van der Waals surface area contributed by atoms with Crippen molar-refractivity contribution in [2.75, 3.05) is 6.61 Å². The molecule has 0 heterocycles. The minimum atomic E-state index is -7.24. The molecule has 2 atom stereocenters. The van der Waals surface area contributed by atoms with Crippen LogP contribution in [0, 0.1) is 0 Å². The van der Waals surface area contributed by atoms with E-state index in [2.05, 4.69) is 11.3 Å². The fourth-order valence-corrected chi connectivity index (χ4v) is 1.41. The molecule has 0 aliphatic carbocycles. The van der Waals surface area contributed by atoms with Gasteiger partial charge in [0.25, 0.3) is 0 Å². The maximum Gasteiger partial charge on any atom is 0.525 e. The summed E-state index contributed by atoms with van der Waals surface area (Å²) in [5.74, 6) is -21.9. The van der Waals surface area contributed by atoms with Gasteiger partial charge in [-0.05, 0) is 0 Å². The Labute approximate surface area is 137 Å². The number of carbonyl (C=O) groups is 1. The largest absolute Gasteiger partial charge is 0.525 e. The highest BCUT2D eigenvalue weighted by Gasteiger charge is 2.83. The molecule has 15 heteroatoms. The van der Waals surface area contributed by atoms with Gasteiger partial charge in [-0.15, -0.1) is 13.2 Å². The van der Waals surface area contributed by atoms with Crippen LogP contribution in [0.3, 0.4) is 0 Å². The number of aliphatic hydroxyl groups excluding tert-OH is 1. The van der Waals surface area contributed by atoms with E-state index in [1.165, 1.54) is 0 Å². The summed E-state index contributed by atoms with van der Waals surface area (Å²) >= 11 is 0. The second kappa shape index (κ2) is 7.54. The van der Waals surface area contributed by atoms with Gasteiger partial charge in [0.2, 0.25) is 0 Å². The van der Waals surface area contributed by atoms with Crippen molar-refractivity contribution in [1.29, 1.82) is 0 Å². The molecule has 154 valence electrons. The lowest BCUT2D eigenvalue weighted by atomic mass is 9.97. The minimum absolute atomic E-state index is 0.437. The summed E-state index contributed by atoms with van der Waals surface area (Å²) in [6, 6.07) is 0. The minimum Gasteiger partial charge on any atom is -0.460 e. The van der Waals surface area contributed by atoms with E-state index < -0.39 is 55.3 Å². The van der Waals surface area contributed by atoms with E-state index in [1.807, 2.05) is 0 Å². The van der Waals surface area contributed by atoms with E-state index in [0.717, 1.165) is 0 Å². The van der Waals surface area contributed by atoms with Crippen LogP contribution in [0.25, 0.3) is 0 Å². The van der Waals surface area contributed by atoms with Crippen LogP contribution in [0.2, 0.25) is 0 Å². The van der Waals surface area contributed by atoms with Gasteiger partial charge in [0.1, 0.15) is 6.61 Å². The Morgan fingerprint density at radius 1 is 1.00 bits per heavy atom. The summed E-state index contributed by atoms with van der Waals surface area (Å²) in [6.07, 6.45) is -19.0. The molecule has 4 nitrogen and oxygen atoms in total. The number of carbonyl (C=O) groups excluding carboxylic acids is 1. The Morgan fingerprint density at radius 3 is 1.81 bits per heavy atom. The lowest BCUT2D eigenvalue weighted by Gasteiger charge is -2.38. The molecule has 0 saturated carbocycles. The molecule has 0 aliphatic heterocycles. The highest BCUT2D eigenvalue weighted by Crippen LogP contribution is 2.55. The van der Waals surface area contributed by atoms with Gasteiger partial charge >= 0.3 is 36.2 Å². The van der Waals surface area contributed by atoms with Crippen molar-refractivity contribution in [3.63, 3.8) is 0 Å². The van der Waals surface area contributed by atoms with Crippen LogP contribution in [0.5, 0.6) is 0 Å². The molecule has 0 radical (unpaired) electrons. The third-order valence-electron chi connectivity index (χ3n) is 2.56. The first-order chi connectivity index (χ1) is 11.3.